The quantitative estimate of drug-likeness (QED) is 0.764. The molecule has 0 spiro atoms. The molecule has 0 radical (unpaired) electrons. The van der Waals surface area contributed by atoms with Crippen LogP contribution in [0.3, 0.4) is 0 Å². The molecule has 0 amide bonds. The smallest absolute Gasteiger partial charge is 0.225 e. The van der Waals surface area contributed by atoms with Crippen LogP contribution >= 0.6 is 27.3 Å². The van der Waals surface area contributed by atoms with Gasteiger partial charge in [0.1, 0.15) is 0 Å². The van der Waals surface area contributed by atoms with Crippen LogP contribution in [-0.2, 0) is 0 Å². The Labute approximate surface area is 109 Å². The fourth-order valence-corrected chi connectivity index (χ4v) is 3.15. The van der Waals surface area contributed by atoms with Gasteiger partial charge in [0.05, 0.1) is 22.2 Å². The van der Waals surface area contributed by atoms with Crippen LogP contribution in [0.15, 0.2) is 22.1 Å². The summed E-state index contributed by atoms with van der Waals surface area (Å²) in [7, 11) is 1.80. The van der Waals surface area contributed by atoms with Gasteiger partial charge in [0.2, 0.25) is 5.95 Å². The van der Waals surface area contributed by atoms with Gasteiger partial charge in [0.15, 0.2) is 5.65 Å². The molecule has 7 heteroatoms. The number of hydrogen-bond acceptors (Lipinski definition) is 5. The summed E-state index contributed by atoms with van der Waals surface area (Å²) in [6.45, 7) is 0. The second-order valence-corrected chi connectivity index (χ2v) is 5.15. The lowest BCUT2D eigenvalue weighted by atomic mass is 10.2. The van der Waals surface area contributed by atoms with E-state index in [1.807, 2.05) is 11.4 Å². The van der Waals surface area contributed by atoms with Crippen molar-refractivity contribution in [3.05, 3.63) is 22.1 Å². The number of H-pyrrole nitrogens is 1. The average Bonchev–Trinajstić information content (AvgIpc) is 2.95. The number of nitrogens with zero attached hydrogens (tertiary/aromatic N) is 3. The molecule has 0 fully saturated rings. The van der Waals surface area contributed by atoms with Gasteiger partial charge in [0.25, 0.3) is 0 Å². The van der Waals surface area contributed by atoms with Crippen LogP contribution in [0.2, 0.25) is 0 Å². The summed E-state index contributed by atoms with van der Waals surface area (Å²) in [6.07, 6.45) is 1.75. The molecule has 0 aliphatic carbocycles. The summed E-state index contributed by atoms with van der Waals surface area (Å²) in [6, 6.07) is 2.01. The first-order valence-corrected chi connectivity index (χ1v) is 6.59. The van der Waals surface area contributed by atoms with E-state index in [1.54, 1.807) is 24.6 Å². The topological polar surface area (TPSA) is 66.5 Å². The summed E-state index contributed by atoms with van der Waals surface area (Å²) in [5.74, 6) is 0.581. The number of anilines is 1. The highest BCUT2D eigenvalue weighted by Crippen LogP contribution is 2.35. The molecule has 86 valence electrons. The lowest BCUT2D eigenvalue weighted by molar-refractivity contribution is 1.09. The summed E-state index contributed by atoms with van der Waals surface area (Å²) in [5, 5.41) is 12.8. The molecule has 0 aliphatic rings. The first kappa shape index (κ1) is 10.7. The fraction of sp³-hybridized carbons (Fsp3) is 0.100. The summed E-state index contributed by atoms with van der Waals surface area (Å²) < 4.78 is 1.03. The Morgan fingerprint density at radius 3 is 3.00 bits per heavy atom. The first-order valence-electron chi connectivity index (χ1n) is 4.92. The molecule has 3 rings (SSSR count). The Balaban J connectivity index is 2.34. The maximum Gasteiger partial charge on any atom is 0.225 e. The van der Waals surface area contributed by atoms with Crippen molar-refractivity contribution in [3.8, 4) is 10.6 Å². The predicted octanol–water partition coefficient (Wildman–Crippen LogP) is 2.89. The molecule has 0 aliphatic heterocycles. The van der Waals surface area contributed by atoms with Crippen LogP contribution in [0.4, 0.5) is 5.95 Å². The second kappa shape index (κ2) is 4.08. The lowest BCUT2D eigenvalue weighted by Gasteiger charge is -2.03. The van der Waals surface area contributed by atoms with Crippen LogP contribution in [0.25, 0.3) is 21.6 Å². The number of hydrogen-bond donors (Lipinski definition) is 2. The van der Waals surface area contributed by atoms with Crippen molar-refractivity contribution in [2.75, 3.05) is 12.4 Å². The Morgan fingerprint density at radius 1 is 1.41 bits per heavy atom. The largest absolute Gasteiger partial charge is 0.357 e. The number of rotatable bonds is 2. The van der Waals surface area contributed by atoms with Gasteiger partial charge in [-0.25, -0.2) is 4.98 Å². The van der Waals surface area contributed by atoms with E-state index < -0.39 is 0 Å². The van der Waals surface area contributed by atoms with Crippen molar-refractivity contribution in [2.45, 2.75) is 0 Å². The zero-order valence-electron chi connectivity index (χ0n) is 8.86. The van der Waals surface area contributed by atoms with Gasteiger partial charge in [-0.1, -0.05) is 0 Å². The molecule has 5 nitrogen and oxygen atoms in total. The number of aromatic nitrogens is 4. The number of fused-ring (bicyclic) bond motifs is 1. The molecule has 0 saturated carbocycles. The molecule has 3 aromatic heterocycles. The lowest BCUT2D eigenvalue weighted by Crippen LogP contribution is -1.98. The highest BCUT2D eigenvalue weighted by atomic mass is 79.9. The molecule has 0 unspecified atom stereocenters. The van der Waals surface area contributed by atoms with Crippen LogP contribution in [0.5, 0.6) is 0 Å². The van der Waals surface area contributed by atoms with Gasteiger partial charge in [-0.15, -0.1) is 11.3 Å². The SMILES string of the molecule is CNc1nc(-c2sccc2Br)c2cn[nH]c2n1. The minimum atomic E-state index is 0.581. The average molecular weight is 310 g/mol. The molecular weight excluding hydrogens is 302 g/mol. The van der Waals surface area contributed by atoms with E-state index in [-0.39, 0.29) is 0 Å². The van der Waals surface area contributed by atoms with Crippen LogP contribution < -0.4 is 5.32 Å². The molecule has 3 aromatic rings. The maximum atomic E-state index is 4.49. The molecule has 0 aromatic carbocycles. The number of thiophene rings is 1. The van der Waals surface area contributed by atoms with Crippen molar-refractivity contribution in [1.82, 2.24) is 20.2 Å². The third kappa shape index (κ3) is 1.71. The van der Waals surface area contributed by atoms with Gasteiger partial charge in [-0.3, -0.25) is 5.10 Å². The molecule has 17 heavy (non-hydrogen) atoms. The molecule has 2 N–H and O–H groups in total. The Bertz CT molecular complexity index is 674. The number of aromatic amines is 1. The van der Waals surface area contributed by atoms with E-state index in [2.05, 4.69) is 41.4 Å². The van der Waals surface area contributed by atoms with Gasteiger partial charge in [-0.2, -0.15) is 10.1 Å². The van der Waals surface area contributed by atoms with Crippen molar-refractivity contribution in [3.63, 3.8) is 0 Å². The minimum Gasteiger partial charge on any atom is -0.357 e. The minimum absolute atomic E-state index is 0.581. The first-order chi connectivity index (χ1) is 8.29. The van der Waals surface area contributed by atoms with Crippen molar-refractivity contribution >= 4 is 44.2 Å². The molecule has 3 heterocycles. The zero-order chi connectivity index (χ0) is 11.8. The summed E-state index contributed by atoms with van der Waals surface area (Å²) >= 11 is 5.16. The summed E-state index contributed by atoms with van der Waals surface area (Å²) in [4.78, 5) is 9.88. The zero-order valence-corrected chi connectivity index (χ0v) is 11.3. The van der Waals surface area contributed by atoms with Gasteiger partial charge in [0, 0.05) is 11.5 Å². The highest BCUT2D eigenvalue weighted by Gasteiger charge is 2.14. The Kier molecular flexibility index (Phi) is 2.56. The van der Waals surface area contributed by atoms with Gasteiger partial charge >= 0.3 is 0 Å². The van der Waals surface area contributed by atoms with Crippen LogP contribution in [0, 0.1) is 0 Å². The van der Waals surface area contributed by atoms with E-state index in [4.69, 9.17) is 0 Å². The summed E-state index contributed by atoms with van der Waals surface area (Å²) in [5.41, 5.74) is 1.62. The van der Waals surface area contributed by atoms with E-state index in [1.165, 1.54) is 0 Å². The molecule has 0 atom stereocenters. The standard InChI is InChI=1S/C10H8BrN5S/c1-12-10-14-7(8-6(11)2-3-17-8)5-4-13-16-9(5)15-10/h2-4H,1H3,(H2,12,13,14,15,16). The third-order valence-corrected chi connectivity index (χ3v) is 4.21. The molecular formula is C10H8BrN5S. The van der Waals surface area contributed by atoms with Crippen molar-refractivity contribution < 1.29 is 0 Å². The monoisotopic (exact) mass is 309 g/mol. The fourth-order valence-electron chi connectivity index (χ4n) is 1.58. The van der Waals surface area contributed by atoms with E-state index >= 15 is 0 Å². The van der Waals surface area contributed by atoms with Crippen LogP contribution in [0.1, 0.15) is 0 Å². The Hall–Kier alpha value is -1.47. The predicted molar refractivity (Wildman–Crippen MR) is 72.2 cm³/mol. The Morgan fingerprint density at radius 2 is 2.29 bits per heavy atom. The highest BCUT2D eigenvalue weighted by molar-refractivity contribution is 9.10. The van der Waals surface area contributed by atoms with E-state index in [9.17, 15) is 0 Å². The van der Waals surface area contributed by atoms with Gasteiger partial charge in [-0.05, 0) is 27.4 Å². The van der Waals surface area contributed by atoms with Crippen LogP contribution in [-0.4, -0.2) is 27.2 Å². The normalized spacial score (nSPS) is 10.9. The maximum absolute atomic E-state index is 4.49. The van der Waals surface area contributed by atoms with E-state index in [0.717, 1.165) is 26.1 Å². The van der Waals surface area contributed by atoms with Gasteiger partial charge < -0.3 is 5.32 Å². The third-order valence-electron chi connectivity index (χ3n) is 2.37. The number of halogens is 1. The number of nitrogens with one attached hydrogen (secondary N) is 2. The van der Waals surface area contributed by atoms with E-state index in [0.29, 0.717) is 5.95 Å². The second-order valence-electron chi connectivity index (χ2n) is 3.38. The molecule has 0 saturated heterocycles. The van der Waals surface area contributed by atoms with Crippen molar-refractivity contribution in [2.24, 2.45) is 0 Å². The molecule has 0 bridgehead atoms. The van der Waals surface area contributed by atoms with Crippen molar-refractivity contribution in [1.29, 1.82) is 0 Å².